The molecule has 8 nitrogen and oxygen atoms in total. The topological polar surface area (TPSA) is 101 Å². The standard InChI is InChI=1S/C28H32N2O6/c1-35-28(34)29-13-11-22-21-9-5-6-10-23(21)30-25(32)16-20(15-24(29)26(22)30)19(12-14-31)17-36-27(33)18-7-3-2-4-8-18/h2-10,19-20,24-25,31-32H,11-17H2,1H3/t19-,20-,24+,25+/m1/s1. The molecule has 36 heavy (non-hydrogen) atoms. The molecule has 0 unspecified atom stereocenters. The van der Waals surface area contributed by atoms with E-state index < -0.39 is 18.3 Å². The van der Waals surface area contributed by atoms with E-state index in [1.54, 1.807) is 29.2 Å². The molecule has 0 fully saturated rings. The van der Waals surface area contributed by atoms with E-state index in [1.807, 2.05) is 28.8 Å². The van der Waals surface area contributed by atoms with Crippen molar-refractivity contribution in [2.75, 3.05) is 26.9 Å². The second-order valence-electron chi connectivity index (χ2n) is 9.63. The summed E-state index contributed by atoms with van der Waals surface area (Å²) in [6.07, 6.45) is 0.893. The lowest BCUT2D eigenvalue weighted by Crippen LogP contribution is -2.41. The lowest BCUT2D eigenvalue weighted by molar-refractivity contribution is 0.0215. The van der Waals surface area contributed by atoms with E-state index in [-0.39, 0.29) is 31.1 Å². The summed E-state index contributed by atoms with van der Waals surface area (Å²) in [6.45, 7) is 0.583. The number of fused-ring (bicyclic) bond motifs is 3. The van der Waals surface area contributed by atoms with E-state index in [4.69, 9.17) is 9.47 Å². The van der Waals surface area contributed by atoms with Gasteiger partial charge in [-0.3, -0.25) is 4.90 Å². The molecule has 2 aliphatic heterocycles. The maximum atomic E-state index is 12.8. The second-order valence-corrected chi connectivity index (χ2v) is 9.63. The number of benzene rings is 2. The molecule has 0 radical (unpaired) electrons. The van der Waals surface area contributed by atoms with Gasteiger partial charge in [0.25, 0.3) is 0 Å². The van der Waals surface area contributed by atoms with Crippen LogP contribution in [-0.2, 0) is 15.9 Å². The number of esters is 1. The van der Waals surface area contributed by atoms with Crippen molar-refractivity contribution in [2.45, 2.75) is 38.0 Å². The summed E-state index contributed by atoms with van der Waals surface area (Å²) in [5.41, 5.74) is 3.52. The Labute approximate surface area is 210 Å². The molecule has 8 heteroatoms. The molecule has 2 aliphatic rings. The highest BCUT2D eigenvalue weighted by Gasteiger charge is 2.42. The van der Waals surface area contributed by atoms with Gasteiger partial charge in [-0.05, 0) is 61.3 Å². The van der Waals surface area contributed by atoms with Crippen LogP contribution in [0, 0.1) is 11.8 Å². The van der Waals surface area contributed by atoms with Crippen LogP contribution in [0.5, 0.6) is 0 Å². The summed E-state index contributed by atoms with van der Waals surface area (Å²) >= 11 is 0. The van der Waals surface area contributed by atoms with Crippen LogP contribution in [0.4, 0.5) is 4.79 Å². The number of rotatable bonds is 6. The van der Waals surface area contributed by atoms with Crippen LogP contribution < -0.4 is 0 Å². The Kier molecular flexibility index (Phi) is 6.98. The maximum absolute atomic E-state index is 12.8. The summed E-state index contributed by atoms with van der Waals surface area (Å²) in [7, 11) is 1.38. The molecule has 0 spiro atoms. The van der Waals surface area contributed by atoms with E-state index in [0.717, 1.165) is 22.2 Å². The minimum atomic E-state index is -0.808. The Morgan fingerprint density at radius 1 is 1.08 bits per heavy atom. The Balaban J connectivity index is 1.48. The molecular formula is C28H32N2O6. The van der Waals surface area contributed by atoms with Gasteiger partial charge in [0.1, 0.15) is 6.23 Å². The summed E-state index contributed by atoms with van der Waals surface area (Å²) in [5.74, 6) is -0.698. The van der Waals surface area contributed by atoms with Gasteiger partial charge in [0.05, 0.1) is 30.8 Å². The number of ether oxygens (including phenoxy) is 2. The van der Waals surface area contributed by atoms with Crippen LogP contribution >= 0.6 is 0 Å². The van der Waals surface area contributed by atoms with Gasteiger partial charge < -0.3 is 24.3 Å². The lowest BCUT2D eigenvalue weighted by Gasteiger charge is -2.37. The number of hydrogen-bond acceptors (Lipinski definition) is 6. The molecule has 5 rings (SSSR count). The van der Waals surface area contributed by atoms with Crippen molar-refractivity contribution in [1.29, 1.82) is 0 Å². The Morgan fingerprint density at radius 2 is 1.83 bits per heavy atom. The number of para-hydroxylation sites is 1. The Morgan fingerprint density at radius 3 is 2.58 bits per heavy atom. The van der Waals surface area contributed by atoms with Crippen LogP contribution in [-0.4, -0.2) is 58.6 Å². The largest absolute Gasteiger partial charge is 0.462 e. The molecule has 0 saturated carbocycles. The molecule has 1 amide bonds. The minimum absolute atomic E-state index is 0.0635. The fourth-order valence-electron chi connectivity index (χ4n) is 6.01. The molecule has 0 aliphatic carbocycles. The molecule has 0 bridgehead atoms. The highest BCUT2D eigenvalue weighted by molar-refractivity contribution is 5.89. The number of nitrogens with zero attached hydrogens (tertiary/aromatic N) is 2. The molecular weight excluding hydrogens is 460 g/mol. The van der Waals surface area contributed by atoms with Crippen LogP contribution in [0.2, 0.25) is 0 Å². The first-order valence-electron chi connectivity index (χ1n) is 12.5. The number of carbonyl (C=O) groups excluding carboxylic acids is 2. The van der Waals surface area contributed by atoms with Gasteiger partial charge in [-0.15, -0.1) is 0 Å². The van der Waals surface area contributed by atoms with Crippen molar-refractivity contribution in [1.82, 2.24) is 9.47 Å². The zero-order chi connectivity index (χ0) is 25.2. The first-order chi connectivity index (χ1) is 17.5. The predicted molar refractivity (Wildman–Crippen MR) is 133 cm³/mol. The highest BCUT2D eigenvalue weighted by Crippen LogP contribution is 2.47. The van der Waals surface area contributed by atoms with Crippen molar-refractivity contribution in [2.24, 2.45) is 11.8 Å². The van der Waals surface area contributed by atoms with Gasteiger partial charge in [0.15, 0.2) is 0 Å². The van der Waals surface area contributed by atoms with Crippen LogP contribution in [0.15, 0.2) is 54.6 Å². The molecule has 3 heterocycles. The lowest BCUT2D eigenvalue weighted by atomic mass is 9.81. The van der Waals surface area contributed by atoms with E-state index >= 15 is 0 Å². The van der Waals surface area contributed by atoms with E-state index in [1.165, 1.54) is 7.11 Å². The summed E-state index contributed by atoms with van der Waals surface area (Å²) in [6, 6.07) is 16.5. The van der Waals surface area contributed by atoms with Gasteiger partial charge in [-0.25, -0.2) is 9.59 Å². The number of aliphatic hydroxyl groups excluding tert-OH is 2. The zero-order valence-electron chi connectivity index (χ0n) is 20.4. The molecule has 190 valence electrons. The monoisotopic (exact) mass is 492 g/mol. The SMILES string of the molecule is COC(=O)N1CCc2c3n(c4ccccc24)[C@@H](O)C[C@H]([C@H](CCO)COC(=O)c2ccccc2)C[C@@H]31. The smallest absolute Gasteiger partial charge is 0.410 e. The maximum Gasteiger partial charge on any atom is 0.410 e. The molecule has 2 N–H and O–H groups in total. The van der Waals surface area contributed by atoms with Crippen molar-refractivity contribution in [3.8, 4) is 0 Å². The Bertz CT molecular complexity index is 1240. The van der Waals surface area contributed by atoms with Gasteiger partial charge in [-0.1, -0.05) is 36.4 Å². The van der Waals surface area contributed by atoms with Crippen LogP contribution in [0.25, 0.3) is 10.9 Å². The minimum Gasteiger partial charge on any atom is -0.462 e. The number of aromatic nitrogens is 1. The first kappa shape index (κ1) is 24.3. The van der Waals surface area contributed by atoms with E-state index in [9.17, 15) is 19.8 Å². The molecule has 2 aromatic carbocycles. The van der Waals surface area contributed by atoms with Crippen LogP contribution in [0.1, 0.15) is 53.1 Å². The number of carbonyl (C=O) groups is 2. The number of amides is 1. The van der Waals surface area contributed by atoms with E-state index in [0.29, 0.717) is 37.8 Å². The summed E-state index contributed by atoms with van der Waals surface area (Å²) in [5, 5.41) is 22.4. The van der Waals surface area contributed by atoms with Gasteiger partial charge in [0, 0.05) is 24.2 Å². The quantitative estimate of drug-likeness (QED) is 0.503. The second kappa shape index (κ2) is 10.3. The Hall–Kier alpha value is -3.36. The number of aliphatic hydroxyl groups is 2. The van der Waals surface area contributed by atoms with E-state index in [2.05, 4.69) is 6.07 Å². The third-order valence-electron chi connectivity index (χ3n) is 7.70. The summed E-state index contributed by atoms with van der Waals surface area (Å²) < 4.78 is 12.7. The third-order valence-corrected chi connectivity index (χ3v) is 7.70. The zero-order valence-corrected chi connectivity index (χ0v) is 20.4. The molecule has 1 aromatic heterocycles. The predicted octanol–water partition coefficient (Wildman–Crippen LogP) is 4.06. The summed E-state index contributed by atoms with van der Waals surface area (Å²) in [4.78, 5) is 27.1. The van der Waals surface area contributed by atoms with Crippen molar-refractivity contribution < 1.29 is 29.3 Å². The fraction of sp³-hybridized carbons (Fsp3) is 0.429. The fourth-order valence-corrected chi connectivity index (χ4v) is 6.01. The van der Waals surface area contributed by atoms with Gasteiger partial charge >= 0.3 is 12.1 Å². The highest BCUT2D eigenvalue weighted by atomic mass is 16.5. The van der Waals surface area contributed by atoms with Crippen molar-refractivity contribution >= 4 is 23.0 Å². The van der Waals surface area contributed by atoms with Gasteiger partial charge in [-0.2, -0.15) is 0 Å². The normalized spacial score (nSPS) is 22.0. The van der Waals surface area contributed by atoms with Crippen molar-refractivity contribution in [3.63, 3.8) is 0 Å². The molecule has 0 saturated heterocycles. The number of methoxy groups -OCH3 is 1. The first-order valence-corrected chi connectivity index (χ1v) is 12.5. The van der Waals surface area contributed by atoms with Crippen molar-refractivity contribution in [3.05, 3.63) is 71.4 Å². The average molecular weight is 493 g/mol. The van der Waals surface area contributed by atoms with Crippen LogP contribution in [0.3, 0.4) is 0 Å². The molecule has 4 atom stereocenters. The number of hydrogen-bond donors (Lipinski definition) is 2. The third kappa shape index (κ3) is 4.35. The molecule has 3 aromatic rings. The average Bonchev–Trinajstić information content (AvgIpc) is 3.17. The van der Waals surface area contributed by atoms with Gasteiger partial charge in [0.2, 0.25) is 0 Å².